The Morgan fingerprint density at radius 2 is 1.96 bits per heavy atom. The topological polar surface area (TPSA) is 86.7 Å². The van der Waals surface area contributed by atoms with Crippen molar-refractivity contribution in [3.8, 4) is 0 Å². The van der Waals surface area contributed by atoms with E-state index in [-0.39, 0.29) is 36.1 Å². The molecule has 0 aromatic heterocycles. The van der Waals surface area contributed by atoms with E-state index < -0.39 is 11.9 Å². The van der Waals surface area contributed by atoms with Gasteiger partial charge in [-0.3, -0.25) is 14.4 Å². The maximum Gasteiger partial charge on any atom is 0.308 e. The number of benzene rings is 1. The van der Waals surface area contributed by atoms with Gasteiger partial charge in [-0.25, -0.2) is 0 Å². The zero-order valence-corrected chi connectivity index (χ0v) is 15.5. The first-order valence-corrected chi connectivity index (χ1v) is 9.31. The molecule has 1 aromatic rings. The van der Waals surface area contributed by atoms with Crippen molar-refractivity contribution in [2.75, 3.05) is 18.8 Å². The minimum atomic E-state index is -0.865. The average Bonchev–Trinajstić information content (AvgIpc) is 2.94. The highest BCUT2D eigenvalue weighted by Crippen LogP contribution is 2.28. The van der Waals surface area contributed by atoms with Crippen molar-refractivity contribution < 1.29 is 19.5 Å². The highest BCUT2D eigenvalue weighted by atomic mass is 32.2. The van der Waals surface area contributed by atoms with Crippen LogP contribution in [0.4, 0.5) is 0 Å². The highest BCUT2D eigenvalue weighted by molar-refractivity contribution is 8.00. The predicted molar refractivity (Wildman–Crippen MR) is 96.6 cm³/mol. The van der Waals surface area contributed by atoms with Gasteiger partial charge in [0.05, 0.1) is 17.2 Å². The van der Waals surface area contributed by atoms with E-state index in [1.54, 1.807) is 17.0 Å². The zero-order valence-electron chi connectivity index (χ0n) is 14.7. The van der Waals surface area contributed by atoms with Crippen molar-refractivity contribution in [2.24, 2.45) is 11.8 Å². The number of nitrogens with zero attached hydrogens (tertiary/aromatic N) is 1. The molecule has 0 unspecified atom stereocenters. The summed E-state index contributed by atoms with van der Waals surface area (Å²) in [6, 6.07) is 7.22. The molecular formula is C18H24N2O4S. The van der Waals surface area contributed by atoms with Crippen LogP contribution in [-0.2, 0) is 9.59 Å². The number of rotatable bonds is 6. The number of thioether (sulfide) groups is 1. The third-order valence-corrected chi connectivity index (χ3v) is 5.22. The van der Waals surface area contributed by atoms with E-state index in [2.05, 4.69) is 5.32 Å². The monoisotopic (exact) mass is 364 g/mol. The first-order valence-electron chi connectivity index (χ1n) is 8.32. The van der Waals surface area contributed by atoms with E-state index in [1.165, 1.54) is 11.8 Å². The number of likely N-dealkylation sites (tertiary alicyclic amines) is 1. The summed E-state index contributed by atoms with van der Waals surface area (Å²) in [6.07, 6.45) is 0. The normalized spacial score (nSPS) is 19.9. The Hall–Kier alpha value is -2.02. The molecule has 1 heterocycles. The summed E-state index contributed by atoms with van der Waals surface area (Å²) in [6.45, 7) is 6.30. The van der Waals surface area contributed by atoms with Crippen LogP contribution in [0, 0.1) is 11.8 Å². The summed E-state index contributed by atoms with van der Waals surface area (Å²) in [7, 11) is 0. The van der Waals surface area contributed by atoms with E-state index in [0.29, 0.717) is 12.1 Å². The van der Waals surface area contributed by atoms with Crippen LogP contribution in [0.3, 0.4) is 0 Å². The summed E-state index contributed by atoms with van der Waals surface area (Å²) in [5.41, 5.74) is 0.517. The molecule has 1 aliphatic heterocycles. The van der Waals surface area contributed by atoms with E-state index in [0.717, 1.165) is 4.90 Å². The minimum absolute atomic E-state index is 0.0712. The number of amides is 2. The Balaban J connectivity index is 2.08. The van der Waals surface area contributed by atoms with Crippen LogP contribution in [0.25, 0.3) is 0 Å². The van der Waals surface area contributed by atoms with Crippen LogP contribution in [0.2, 0.25) is 0 Å². The predicted octanol–water partition coefficient (Wildman–Crippen LogP) is 2.10. The number of nitrogens with one attached hydrogen (secondary N) is 1. The molecule has 1 aliphatic rings. The summed E-state index contributed by atoms with van der Waals surface area (Å²) in [5, 5.41) is 12.1. The van der Waals surface area contributed by atoms with Gasteiger partial charge in [0, 0.05) is 24.0 Å². The lowest BCUT2D eigenvalue weighted by atomic mass is 9.99. The van der Waals surface area contributed by atoms with Gasteiger partial charge in [0.25, 0.3) is 5.91 Å². The number of carbonyl (C=O) groups is 3. The molecule has 25 heavy (non-hydrogen) atoms. The first-order chi connectivity index (χ1) is 11.8. The summed E-state index contributed by atoms with van der Waals surface area (Å²) >= 11 is 1.32. The van der Waals surface area contributed by atoms with Crippen LogP contribution < -0.4 is 5.32 Å². The maximum absolute atomic E-state index is 12.8. The lowest BCUT2D eigenvalue weighted by molar-refractivity contribution is -0.142. The third-order valence-electron chi connectivity index (χ3n) is 4.14. The van der Waals surface area contributed by atoms with Crippen molar-refractivity contribution in [1.82, 2.24) is 10.2 Å². The Morgan fingerprint density at radius 3 is 2.56 bits per heavy atom. The number of aliphatic carboxylic acids is 1. The van der Waals surface area contributed by atoms with Crippen LogP contribution in [-0.4, -0.2) is 52.7 Å². The molecule has 1 fully saturated rings. The molecule has 0 bridgehead atoms. The van der Waals surface area contributed by atoms with Gasteiger partial charge in [-0.2, -0.15) is 0 Å². The second-order valence-electron chi connectivity index (χ2n) is 6.64. The molecular weight excluding hydrogens is 340 g/mol. The van der Waals surface area contributed by atoms with Gasteiger partial charge in [-0.15, -0.1) is 11.8 Å². The smallest absolute Gasteiger partial charge is 0.308 e. The number of carboxylic acids is 1. The lowest BCUT2D eigenvalue weighted by Crippen LogP contribution is -2.32. The highest BCUT2D eigenvalue weighted by Gasteiger charge is 2.37. The maximum atomic E-state index is 12.8. The third kappa shape index (κ3) is 4.98. The second kappa shape index (κ2) is 8.38. The molecule has 2 atom stereocenters. The van der Waals surface area contributed by atoms with Crippen LogP contribution in [0.1, 0.15) is 31.1 Å². The largest absolute Gasteiger partial charge is 0.481 e. The molecule has 1 aromatic carbocycles. The van der Waals surface area contributed by atoms with Crippen LogP contribution >= 0.6 is 11.8 Å². The minimum Gasteiger partial charge on any atom is -0.481 e. The van der Waals surface area contributed by atoms with E-state index in [1.807, 2.05) is 32.9 Å². The Morgan fingerprint density at radius 1 is 1.28 bits per heavy atom. The summed E-state index contributed by atoms with van der Waals surface area (Å²) in [5.74, 6) is -1.49. The summed E-state index contributed by atoms with van der Waals surface area (Å²) in [4.78, 5) is 38.2. The van der Waals surface area contributed by atoms with Gasteiger partial charge in [0.2, 0.25) is 5.91 Å². The van der Waals surface area contributed by atoms with Crippen molar-refractivity contribution in [2.45, 2.75) is 31.7 Å². The Bertz CT molecular complexity index is 662. The zero-order chi connectivity index (χ0) is 18.6. The van der Waals surface area contributed by atoms with Crippen molar-refractivity contribution >= 4 is 29.5 Å². The van der Waals surface area contributed by atoms with Crippen LogP contribution in [0.5, 0.6) is 0 Å². The van der Waals surface area contributed by atoms with Crippen molar-refractivity contribution in [1.29, 1.82) is 0 Å². The lowest BCUT2D eigenvalue weighted by Gasteiger charge is -2.18. The Labute approximate surface area is 152 Å². The SMILES string of the molecule is CC(C)NC(=O)CSc1ccccc1C(=O)N1C[C@@H](C)[C@H](C(=O)O)C1. The fourth-order valence-electron chi connectivity index (χ4n) is 2.90. The number of hydrogen-bond donors (Lipinski definition) is 2. The standard InChI is InChI=1S/C18H24N2O4S/c1-11(2)19-16(21)10-25-15-7-5-4-6-13(15)17(22)20-8-12(3)14(9-20)18(23)24/h4-7,11-12,14H,8-10H2,1-3H3,(H,19,21)(H,23,24)/t12-,14-/m1/s1. The molecule has 136 valence electrons. The molecule has 0 radical (unpaired) electrons. The number of hydrogen-bond acceptors (Lipinski definition) is 4. The van der Waals surface area contributed by atoms with Gasteiger partial charge in [-0.1, -0.05) is 19.1 Å². The molecule has 2 N–H and O–H groups in total. The van der Waals surface area contributed by atoms with Gasteiger partial charge in [0.1, 0.15) is 0 Å². The van der Waals surface area contributed by atoms with Gasteiger partial charge in [0.15, 0.2) is 0 Å². The molecule has 6 nitrogen and oxygen atoms in total. The Kier molecular flexibility index (Phi) is 6.47. The molecule has 0 spiro atoms. The molecule has 0 saturated carbocycles. The fourth-order valence-corrected chi connectivity index (χ4v) is 3.76. The fraction of sp³-hybridized carbons (Fsp3) is 0.500. The average molecular weight is 364 g/mol. The summed E-state index contributed by atoms with van der Waals surface area (Å²) < 4.78 is 0. The van der Waals surface area contributed by atoms with Crippen LogP contribution in [0.15, 0.2) is 29.2 Å². The first kappa shape index (κ1) is 19.3. The molecule has 0 aliphatic carbocycles. The van der Waals surface area contributed by atoms with Crippen molar-refractivity contribution in [3.63, 3.8) is 0 Å². The van der Waals surface area contributed by atoms with E-state index in [4.69, 9.17) is 0 Å². The van der Waals surface area contributed by atoms with Gasteiger partial charge >= 0.3 is 5.97 Å². The van der Waals surface area contributed by atoms with E-state index >= 15 is 0 Å². The molecule has 7 heteroatoms. The molecule has 2 rings (SSSR count). The van der Waals surface area contributed by atoms with E-state index in [9.17, 15) is 19.5 Å². The quantitative estimate of drug-likeness (QED) is 0.755. The molecule has 1 saturated heterocycles. The second-order valence-corrected chi connectivity index (χ2v) is 7.66. The van der Waals surface area contributed by atoms with Gasteiger partial charge in [-0.05, 0) is 31.9 Å². The number of carbonyl (C=O) groups excluding carboxylic acids is 2. The number of carboxylic acid groups (broad SMARTS) is 1. The van der Waals surface area contributed by atoms with Gasteiger partial charge < -0.3 is 15.3 Å². The molecule has 2 amide bonds. The van der Waals surface area contributed by atoms with Crippen molar-refractivity contribution in [3.05, 3.63) is 29.8 Å².